The molecule has 0 spiro atoms. The number of anilines is 1. The Morgan fingerprint density at radius 2 is 1.60 bits per heavy atom. The van der Waals surface area contributed by atoms with E-state index in [1.807, 2.05) is 30.3 Å². The zero-order valence-corrected chi connectivity index (χ0v) is 18.0. The first-order chi connectivity index (χ1) is 14.3. The van der Waals surface area contributed by atoms with Gasteiger partial charge in [0.05, 0.1) is 5.69 Å². The monoisotopic (exact) mass is 421 g/mol. The summed E-state index contributed by atoms with van der Waals surface area (Å²) in [5, 5.41) is 3.19. The van der Waals surface area contributed by atoms with E-state index in [-0.39, 0.29) is 23.7 Å². The van der Waals surface area contributed by atoms with Gasteiger partial charge >= 0.3 is 0 Å². The summed E-state index contributed by atoms with van der Waals surface area (Å²) in [7, 11) is 0. The molecule has 0 unspecified atom stereocenters. The highest BCUT2D eigenvalue weighted by molar-refractivity contribution is 6.31. The molecule has 0 saturated carbocycles. The molecule has 0 radical (unpaired) electrons. The maximum Gasteiger partial charge on any atom is 0.262 e. The molecule has 0 heterocycles. The minimum atomic E-state index is -0.358. The summed E-state index contributed by atoms with van der Waals surface area (Å²) in [6.45, 7) is 6.09. The molecule has 0 fully saturated rings. The molecule has 5 heteroatoms. The highest BCUT2D eigenvalue weighted by atomic mass is 35.5. The molecule has 3 rings (SSSR count). The van der Waals surface area contributed by atoms with E-state index in [1.165, 1.54) is 0 Å². The van der Waals surface area contributed by atoms with Crippen LogP contribution in [0.2, 0.25) is 5.02 Å². The van der Waals surface area contributed by atoms with Crippen molar-refractivity contribution in [3.63, 3.8) is 0 Å². The summed E-state index contributed by atoms with van der Waals surface area (Å²) >= 11 is 6.10. The summed E-state index contributed by atoms with van der Waals surface area (Å²) in [6.07, 6.45) is 0. The van der Waals surface area contributed by atoms with Crippen molar-refractivity contribution in [2.45, 2.75) is 26.2 Å². The Labute approximate surface area is 181 Å². The van der Waals surface area contributed by atoms with Gasteiger partial charge in [0.1, 0.15) is 5.75 Å². The molecule has 0 aliphatic carbocycles. The quantitative estimate of drug-likeness (QED) is 0.505. The second-order valence-electron chi connectivity index (χ2n) is 7.97. The van der Waals surface area contributed by atoms with Crippen LogP contribution in [0, 0.1) is 0 Å². The summed E-state index contributed by atoms with van der Waals surface area (Å²) in [4.78, 5) is 25.5. The van der Waals surface area contributed by atoms with Crippen molar-refractivity contribution in [3.8, 4) is 5.75 Å². The molecule has 30 heavy (non-hydrogen) atoms. The third-order valence-corrected chi connectivity index (χ3v) is 4.83. The van der Waals surface area contributed by atoms with Gasteiger partial charge in [0, 0.05) is 16.1 Å². The molecule has 0 aliphatic rings. The molecule has 3 aromatic carbocycles. The van der Waals surface area contributed by atoms with Crippen LogP contribution in [0.3, 0.4) is 0 Å². The molecule has 3 aromatic rings. The average molecular weight is 422 g/mol. The highest BCUT2D eigenvalue weighted by Crippen LogP contribution is 2.31. The standard InChI is InChI=1S/C25H24ClNO3/c1-25(2,3)20-11-7-8-12-22(20)30-16-23(28)27-21-14-13-18(26)15-19(21)24(29)17-9-5-4-6-10-17/h4-15H,16H2,1-3H3,(H,27,28). The number of para-hydroxylation sites is 1. The van der Waals surface area contributed by atoms with Gasteiger partial charge < -0.3 is 10.1 Å². The van der Waals surface area contributed by atoms with Crippen LogP contribution in [0.25, 0.3) is 0 Å². The van der Waals surface area contributed by atoms with Gasteiger partial charge in [0.25, 0.3) is 5.91 Å². The predicted molar refractivity (Wildman–Crippen MR) is 121 cm³/mol. The fourth-order valence-electron chi connectivity index (χ4n) is 3.10. The van der Waals surface area contributed by atoms with Crippen LogP contribution in [0.1, 0.15) is 42.3 Å². The molecule has 1 amide bonds. The largest absolute Gasteiger partial charge is 0.483 e. The SMILES string of the molecule is CC(C)(C)c1ccccc1OCC(=O)Nc1ccc(Cl)cc1C(=O)c1ccccc1. The smallest absolute Gasteiger partial charge is 0.262 e. The van der Waals surface area contributed by atoms with E-state index in [9.17, 15) is 9.59 Å². The van der Waals surface area contributed by atoms with Gasteiger partial charge in [0.15, 0.2) is 12.4 Å². The maximum absolute atomic E-state index is 12.9. The molecule has 1 N–H and O–H groups in total. The van der Waals surface area contributed by atoms with Gasteiger partial charge in [-0.25, -0.2) is 0 Å². The lowest BCUT2D eigenvalue weighted by atomic mass is 9.86. The van der Waals surface area contributed by atoms with Crippen molar-refractivity contribution in [1.29, 1.82) is 0 Å². The Morgan fingerprint density at radius 1 is 0.933 bits per heavy atom. The van der Waals surface area contributed by atoms with Crippen molar-refractivity contribution in [2.75, 3.05) is 11.9 Å². The number of carbonyl (C=O) groups excluding carboxylic acids is 2. The van der Waals surface area contributed by atoms with Crippen LogP contribution in [0.5, 0.6) is 5.75 Å². The van der Waals surface area contributed by atoms with Crippen LogP contribution >= 0.6 is 11.6 Å². The minimum Gasteiger partial charge on any atom is -0.483 e. The van der Waals surface area contributed by atoms with Crippen LogP contribution in [0.15, 0.2) is 72.8 Å². The number of hydrogen-bond acceptors (Lipinski definition) is 3. The van der Waals surface area contributed by atoms with Crippen molar-refractivity contribution < 1.29 is 14.3 Å². The topological polar surface area (TPSA) is 55.4 Å². The highest BCUT2D eigenvalue weighted by Gasteiger charge is 2.20. The third kappa shape index (κ3) is 5.28. The Kier molecular flexibility index (Phi) is 6.58. The van der Waals surface area contributed by atoms with Crippen molar-refractivity contribution in [2.24, 2.45) is 0 Å². The number of rotatable bonds is 6. The number of halogens is 1. The Bertz CT molecular complexity index is 1060. The van der Waals surface area contributed by atoms with E-state index in [2.05, 4.69) is 26.1 Å². The van der Waals surface area contributed by atoms with E-state index in [4.69, 9.17) is 16.3 Å². The van der Waals surface area contributed by atoms with Gasteiger partial charge in [-0.3, -0.25) is 9.59 Å². The molecular formula is C25H24ClNO3. The first kappa shape index (κ1) is 21.6. The fraction of sp³-hybridized carbons (Fsp3) is 0.200. The first-order valence-electron chi connectivity index (χ1n) is 9.67. The van der Waals surface area contributed by atoms with Crippen LogP contribution in [0.4, 0.5) is 5.69 Å². The molecule has 0 saturated heterocycles. The number of ketones is 1. The second-order valence-corrected chi connectivity index (χ2v) is 8.40. The van der Waals surface area contributed by atoms with Crippen molar-refractivity contribution in [3.05, 3.63) is 94.5 Å². The molecule has 0 aromatic heterocycles. The molecule has 0 atom stereocenters. The lowest BCUT2D eigenvalue weighted by Crippen LogP contribution is -2.23. The lowest BCUT2D eigenvalue weighted by Gasteiger charge is -2.22. The summed E-state index contributed by atoms with van der Waals surface area (Å²) in [5.74, 6) is 0.0902. The maximum atomic E-state index is 12.9. The Hall–Kier alpha value is -3.11. The van der Waals surface area contributed by atoms with E-state index in [0.29, 0.717) is 27.6 Å². The molecule has 4 nitrogen and oxygen atoms in total. The Balaban J connectivity index is 1.76. The summed E-state index contributed by atoms with van der Waals surface area (Å²) in [6, 6.07) is 21.3. The van der Waals surface area contributed by atoms with E-state index < -0.39 is 0 Å². The average Bonchev–Trinajstić information content (AvgIpc) is 2.73. The summed E-state index contributed by atoms with van der Waals surface area (Å²) in [5.41, 5.74) is 2.15. The minimum absolute atomic E-state index is 0.113. The predicted octanol–water partition coefficient (Wildman–Crippen LogP) is 5.89. The molecule has 154 valence electrons. The van der Waals surface area contributed by atoms with Gasteiger partial charge in [-0.05, 0) is 35.2 Å². The molecule has 0 aliphatic heterocycles. The third-order valence-electron chi connectivity index (χ3n) is 4.59. The lowest BCUT2D eigenvalue weighted by molar-refractivity contribution is -0.118. The van der Waals surface area contributed by atoms with Gasteiger partial charge in [-0.2, -0.15) is 0 Å². The number of benzene rings is 3. The fourth-order valence-corrected chi connectivity index (χ4v) is 3.27. The zero-order chi connectivity index (χ0) is 21.7. The van der Waals surface area contributed by atoms with Crippen LogP contribution in [-0.2, 0) is 10.2 Å². The van der Waals surface area contributed by atoms with Crippen LogP contribution in [-0.4, -0.2) is 18.3 Å². The van der Waals surface area contributed by atoms with Gasteiger partial charge in [0.2, 0.25) is 0 Å². The zero-order valence-electron chi connectivity index (χ0n) is 17.2. The molecular weight excluding hydrogens is 398 g/mol. The number of nitrogens with one attached hydrogen (secondary N) is 1. The van der Waals surface area contributed by atoms with Gasteiger partial charge in [-0.15, -0.1) is 0 Å². The first-order valence-corrected chi connectivity index (χ1v) is 10.0. The molecule has 0 bridgehead atoms. The number of ether oxygens (including phenoxy) is 1. The van der Waals surface area contributed by atoms with E-state index in [1.54, 1.807) is 42.5 Å². The summed E-state index contributed by atoms with van der Waals surface area (Å²) < 4.78 is 5.78. The van der Waals surface area contributed by atoms with Crippen molar-refractivity contribution >= 4 is 29.0 Å². The number of hydrogen-bond donors (Lipinski definition) is 1. The number of carbonyl (C=O) groups is 2. The van der Waals surface area contributed by atoms with E-state index >= 15 is 0 Å². The normalized spacial score (nSPS) is 11.1. The second kappa shape index (κ2) is 9.14. The van der Waals surface area contributed by atoms with E-state index in [0.717, 1.165) is 5.56 Å². The van der Waals surface area contributed by atoms with Crippen molar-refractivity contribution in [1.82, 2.24) is 0 Å². The van der Waals surface area contributed by atoms with Gasteiger partial charge in [-0.1, -0.05) is 80.9 Å². The van der Waals surface area contributed by atoms with Crippen LogP contribution < -0.4 is 10.1 Å². The Morgan fingerprint density at radius 3 is 2.30 bits per heavy atom. The number of amides is 1.